The predicted molar refractivity (Wildman–Crippen MR) is 84.0 cm³/mol. The van der Waals surface area contributed by atoms with Crippen LogP contribution in [0.4, 0.5) is 5.82 Å². The van der Waals surface area contributed by atoms with Crippen molar-refractivity contribution in [1.29, 1.82) is 0 Å². The van der Waals surface area contributed by atoms with E-state index in [-0.39, 0.29) is 5.91 Å². The van der Waals surface area contributed by atoms with Crippen LogP contribution in [0.3, 0.4) is 0 Å². The zero-order valence-corrected chi connectivity index (χ0v) is 12.5. The second-order valence-corrected chi connectivity index (χ2v) is 6.37. The number of hydrogen-bond acceptors (Lipinski definition) is 3. The number of amides is 1. The Morgan fingerprint density at radius 3 is 3.18 bits per heavy atom. The molecule has 22 heavy (non-hydrogen) atoms. The lowest BCUT2D eigenvalue weighted by atomic mass is 9.87. The highest BCUT2D eigenvalue weighted by Gasteiger charge is 2.32. The van der Waals surface area contributed by atoms with Crippen LogP contribution in [0.25, 0.3) is 0 Å². The molecule has 0 aromatic carbocycles. The van der Waals surface area contributed by atoms with Gasteiger partial charge >= 0.3 is 0 Å². The van der Waals surface area contributed by atoms with Crippen molar-refractivity contribution in [3.63, 3.8) is 0 Å². The number of carbonyl (C=O) groups is 1. The molecule has 4 heterocycles. The maximum absolute atomic E-state index is 12.0. The van der Waals surface area contributed by atoms with Crippen molar-refractivity contribution in [1.82, 2.24) is 9.88 Å². The van der Waals surface area contributed by atoms with Gasteiger partial charge in [-0.15, -0.1) is 0 Å². The first-order chi connectivity index (χ1) is 10.8. The average Bonchev–Trinajstić information content (AvgIpc) is 3.27. The number of nitrogens with one attached hydrogen (secondary N) is 2. The fraction of sp³-hybridized carbons (Fsp3) is 0.471. The number of nitrogens with zero attached hydrogens (tertiary/aromatic N) is 1. The van der Waals surface area contributed by atoms with Crippen molar-refractivity contribution >= 4 is 11.7 Å². The minimum atomic E-state index is -0.146. The molecule has 5 heteroatoms. The SMILES string of the molecule is O=C(Nc1cc(C2CCN3CCCC3C2)c[nH]1)c1ccoc1. The van der Waals surface area contributed by atoms with E-state index < -0.39 is 0 Å². The van der Waals surface area contributed by atoms with Gasteiger partial charge in [-0.25, -0.2) is 0 Å². The number of anilines is 1. The van der Waals surface area contributed by atoms with Gasteiger partial charge in [-0.05, 0) is 62.4 Å². The zero-order valence-electron chi connectivity index (χ0n) is 12.5. The molecule has 116 valence electrons. The van der Waals surface area contributed by atoms with Crippen molar-refractivity contribution in [3.8, 4) is 0 Å². The van der Waals surface area contributed by atoms with Crippen LogP contribution in [0, 0.1) is 0 Å². The van der Waals surface area contributed by atoms with Gasteiger partial charge in [0.15, 0.2) is 0 Å². The van der Waals surface area contributed by atoms with E-state index in [4.69, 9.17) is 4.42 Å². The molecule has 2 aromatic rings. The van der Waals surface area contributed by atoms with E-state index in [0.29, 0.717) is 11.5 Å². The molecule has 2 N–H and O–H groups in total. The maximum Gasteiger partial charge on any atom is 0.260 e. The monoisotopic (exact) mass is 299 g/mol. The second-order valence-electron chi connectivity index (χ2n) is 6.37. The molecule has 0 aliphatic carbocycles. The van der Waals surface area contributed by atoms with E-state index in [0.717, 1.165) is 11.9 Å². The quantitative estimate of drug-likeness (QED) is 0.915. The van der Waals surface area contributed by atoms with Gasteiger partial charge < -0.3 is 19.6 Å². The fourth-order valence-electron chi connectivity index (χ4n) is 3.83. The average molecular weight is 299 g/mol. The fourth-order valence-corrected chi connectivity index (χ4v) is 3.83. The highest BCUT2D eigenvalue weighted by atomic mass is 16.3. The van der Waals surface area contributed by atoms with Gasteiger partial charge in [0.1, 0.15) is 12.1 Å². The van der Waals surface area contributed by atoms with Gasteiger partial charge in [-0.2, -0.15) is 0 Å². The van der Waals surface area contributed by atoms with E-state index in [1.165, 1.54) is 56.9 Å². The highest BCUT2D eigenvalue weighted by molar-refractivity contribution is 6.03. The van der Waals surface area contributed by atoms with Crippen LogP contribution in [0.2, 0.25) is 0 Å². The third-order valence-corrected chi connectivity index (χ3v) is 5.03. The summed E-state index contributed by atoms with van der Waals surface area (Å²) >= 11 is 0. The first-order valence-corrected chi connectivity index (χ1v) is 8.05. The van der Waals surface area contributed by atoms with Gasteiger partial charge in [0.2, 0.25) is 0 Å². The van der Waals surface area contributed by atoms with Gasteiger partial charge in [0.05, 0.1) is 11.8 Å². The van der Waals surface area contributed by atoms with Crippen molar-refractivity contribution in [2.24, 2.45) is 0 Å². The molecule has 5 nitrogen and oxygen atoms in total. The first kappa shape index (κ1) is 13.6. The highest BCUT2D eigenvalue weighted by Crippen LogP contribution is 2.36. The summed E-state index contributed by atoms with van der Waals surface area (Å²) in [5.74, 6) is 1.22. The predicted octanol–water partition coefficient (Wildman–Crippen LogP) is 3.20. The Labute approximate surface area is 129 Å². The van der Waals surface area contributed by atoms with Crippen molar-refractivity contribution in [3.05, 3.63) is 42.0 Å². The Bertz CT molecular complexity index is 647. The van der Waals surface area contributed by atoms with Crippen molar-refractivity contribution in [2.45, 2.75) is 37.6 Å². The molecular weight excluding hydrogens is 278 g/mol. The number of piperidine rings is 1. The summed E-state index contributed by atoms with van der Waals surface area (Å²) in [7, 11) is 0. The summed E-state index contributed by atoms with van der Waals surface area (Å²) in [5.41, 5.74) is 1.85. The molecule has 0 bridgehead atoms. The number of furan rings is 1. The smallest absolute Gasteiger partial charge is 0.260 e. The third kappa shape index (κ3) is 2.57. The Morgan fingerprint density at radius 2 is 2.32 bits per heavy atom. The van der Waals surface area contributed by atoms with Crippen LogP contribution in [-0.2, 0) is 0 Å². The van der Waals surface area contributed by atoms with Crippen LogP contribution in [-0.4, -0.2) is 34.9 Å². The summed E-state index contributed by atoms with van der Waals surface area (Å²) in [6.07, 6.45) is 10.1. The summed E-state index contributed by atoms with van der Waals surface area (Å²) in [6, 6.07) is 4.50. The Hall–Kier alpha value is -2.01. The van der Waals surface area contributed by atoms with Gasteiger partial charge in [-0.3, -0.25) is 4.79 Å². The zero-order chi connectivity index (χ0) is 14.9. The molecule has 4 rings (SSSR count). The maximum atomic E-state index is 12.0. The van der Waals surface area contributed by atoms with Crippen LogP contribution < -0.4 is 5.32 Å². The summed E-state index contributed by atoms with van der Waals surface area (Å²) < 4.78 is 4.94. The molecule has 2 saturated heterocycles. The van der Waals surface area contributed by atoms with E-state index in [2.05, 4.69) is 21.3 Å². The molecule has 2 aliphatic rings. The van der Waals surface area contributed by atoms with Gasteiger partial charge in [0, 0.05) is 12.2 Å². The number of fused-ring (bicyclic) bond motifs is 1. The lowest BCUT2D eigenvalue weighted by Gasteiger charge is -2.34. The molecule has 1 amide bonds. The van der Waals surface area contributed by atoms with Gasteiger partial charge in [0.25, 0.3) is 5.91 Å². The Kier molecular flexibility index (Phi) is 3.50. The molecule has 2 aliphatic heterocycles. The Morgan fingerprint density at radius 1 is 1.36 bits per heavy atom. The molecule has 2 unspecified atom stereocenters. The molecule has 0 saturated carbocycles. The van der Waals surface area contributed by atoms with E-state index >= 15 is 0 Å². The Balaban J connectivity index is 1.42. The molecular formula is C17H21N3O2. The summed E-state index contributed by atoms with van der Waals surface area (Å²) in [6.45, 7) is 2.48. The molecule has 0 radical (unpaired) electrons. The van der Waals surface area contributed by atoms with Crippen molar-refractivity contribution < 1.29 is 9.21 Å². The normalized spacial score (nSPS) is 25.1. The summed E-state index contributed by atoms with van der Waals surface area (Å²) in [4.78, 5) is 17.8. The second kappa shape index (κ2) is 5.65. The lowest BCUT2D eigenvalue weighted by Crippen LogP contribution is -2.37. The molecule has 2 atom stereocenters. The van der Waals surface area contributed by atoms with E-state index in [9.17, 15) is 4.79 Å². The minimum absolute atomic E-state index is 0.146. The lowest BCUT2D eigenvalue weighted by molar-refractivity contribution is 0.102. The molecule has 2 aromatic heterocycles. The number of carbonyl (C=O) groups excluding carboxylic acids is 1. The minimum Gasteiger partial charge on any atom is -0.472 e. The largest absolute Gasteiger partial charge is 0.472 e. The van der Waals surface area contributed by atoms with Crippen molar-refractivity contribution in [2.75, 3.05) is 18.4 Å². The van der Waals surface area contributed by atoms with Crippen LogP contribution in [0.1, 0.15) is 47.5 Å². The number of aromatic nitrogens is 1. The first-order valence-electron chi connectivity index (χ1n) is 8.05. The van der Waals surface area contributed by atoms with E-state index in [1.807, 2.05) is 6.20 Å². The number of H-pyrrole nitrogens is 1. The molecule has 2 fully saturated rings. The number of hydrogen-bond donors (Lipinski definition) is 2. The molecule has 0 spiro atoms. The van der Waals surface area contributed by atoms with Gasteiger partial charge in [-0.1, -0.05) is 0 Å². The number of aromatic amines is 1. The standard InChI is InChI=1S/C17H21N3O2/c21-17(13-4-7-22-11-13)19-16-9-14(10-18-16)12-3-6-20-5-1-2-15(20)8-12/h4,7,9-12,15,18H,1-3,5-6,8H2,(H,19,21). The third-order valence-electron chi connectivity index (χ3n) is 5.03. The summed E-state index contributed by atoms with van der Waals surface area (Å²) in [5, 5.41) is 2.89. The van der Waals surface area contributed by atoms with Crippen LogP contribution in [0.5, 0.6) is 0 Å². The van der Waals surface area contributed by atoms with E-state index in [1.54, 1.807) is 6.07 Å². The number of rotatable bonds is 3. The van der Waals surface area contributed by atoms with Crippen LogP contribution in [0.15, 0.2) is 35.3 Å². The topological polar surface area (TPSA) is 61.3 Å². The van der Waals surface area contributed by atoms with Crippen LogP contribution >= 0.6 is 0 Å².